The van der Waals surface area contributed by atoms with Crippen LogP contribution in [0.5, 0.6) is 0 Å². The van der Waals surface area contributed by atoms with Gasteiger partial charge in [-0.2, -0.15) is 13.2 Å². The largest absolute Gasteiger partial charge is 0.433 e. The highest BCUT2D eigenvalue weighted by atomic mass is 19.4. The minimum absolute atomic E-state index is 0.186. The predicted octanol–water partition coefficient (Wildman–Crippen LogP) is 2.58. The van der Waals surface area contributed by atoms with Crippen LogP contribution in [0.1, 0.15) is 18.5 Å². The maximum absolute atomic E-state index is 12.7. The van der Waals surface area contributed by atoms with E-state index in [2.05, 4.69) is 14.9 Å². The van der Waals surface area contributed by atoms with E-state index in [9.17, 15) is 13.2 Å². The van der Waals surface area contributed by atoms with Gasteiger partial charge in [0, 0.05) is 30.7 Å². The van der Waals surface area contributed by atoms with E-state index < -0.39 is 11.9 Å². The monoisotopic (exact) mass is 296 g/mol. The maximum atomic E-state index is 12.7. The van der Waals surface area contributed by atoms with Gasteiger partial charge in [-0.05, 0) is 31.0 Å². The Morgan fingerprint density at radius 3 is 2.52 bits per heavy atom. The number of nitrogens with zero attached hydrogens (tertiary/aromatic N) is 3. The molecule has 0 spiro atoms. The SMILES string of the molecule is NC1CCN(c2nccc3nc(C(F)(F)F)ccc23)CC1. The summed E-state index contributed by atoms with van der Waals surface area (Å²) in [7, 11) is 0. The molecule has 0 atom stereocenters. The van der Waals surface area contributed by atoms with Gasteiger partial charge in [-0.25, -0.2) is 9.97 Å². The summed E-state index contributed by atoms with van der Waals surface area (Å²) in [4.78, 5) is 10.1. The van der Waals surface area contributed by atoms with Crippen molar-refractivity contribution in [2.75, 3.05) is 18.0 Å². The smallest absolute Gasteiger partial charge is 0.356 e. The van der Waals surface area contributed by atoms with E-state index in [1.54, 1.807) is 0 Å². The first-order chi connectivity index (χ1) is 9.95. The second-order valence-electron chi connectivity index (χ2n) is 5.22. The normalized spacial score (nSPS) is 17.4. The molecule has 0 radical (unpaired) electrons. The fraction of sp³-hybridized carbons (Fsp3) is 0.429. The Morgan fingerprint density at radius 2 is 1.86 bits per heavy atom. The molecule has 0 saturated carbocycles. The molecule has 0 unspecified atom stereocenters. The lowest BCUT2D eigenvalue weighted by Crippen LogP contribution is -2.40. The highest BCUT2D eigenvalue weighted by Crippen LogP contribution is 2.31. The van der Waals surface area contributed by atoms with Gasteiger partial charge in [0.1, 0.15) is 11.5 Å². The predicted molar refractivity (Wildman–Crippen MR) is 74.0 cm³/mol. The van der Waals surface area contributed by atoms with Gasteiger partial charge in [-0.15, -0.1) is 0 Å². The van der Waals surface area contributed by atoms with Crippen molar-refractivity contribution in [2.24, 2.45) is 5.73 Å². The number of piperidine rings is 1. The van der Waals surface area contributed by atoms with Crippen molar-refractivity contribution >= 4 is 16.7 Å². The standard InChI is InChI=1S/C14H15F3N4/c15-14(16,17)12-2-1-10-11(20-12)3-6-19-13(10)21-7-4-9(18)5-8-21/h1-3,6,9H,4-5,7-8,18H2. The van der Waals surface area contributed by atoms with Gasteiger partial charge in [0.15, 0.2) is 0 Å². The Kier molecular flexibility index (Phi) is 3.44. The lowest BCUT2D eigenvalue weighted by atomic mass is 10.1. The van der Waals surface area contributed by atoms with Crippen molar-refractivity contribution in [3.05, 3.63) is 30.1 Å². The summed E-state index contributed by atoms with van der Waals surface area (Å²) in [6, 6.07) is 4.14. The molecule has 3 heterocycles. The van der Waals surface area contributed by atoms with Gasteiger partial charge in [0.2, 0.25) is 0 Å². The topological polar surface area (TPSA) is 55.0 Å². The van der Waals surface area contributed by atoms with Gasteiger partial charge in [0.25, 0.3) is 0 Å². The molecular weight excluding hydrogens is 281 g/mol. The molecule has 3 rings (SSSR count). The molecule has 0 aromatic carbocycles. The Labute approximate surface area is 119 Å². The molecule has 0 aliphatic carbocycles. The van der Waals surface area contributed by atoms with E-state index in [1.807, 2.05) is 0 Å². The van der Waals surface area contributed by atoms with E-state index in [0.717, 1.165) is 32.0 Å². The molecule has 2 aromatic heterocycles. The third-order valence-electron chi connectivity index (χ3n) is 3.72. The van der Waals surface area contributed by atoms with Crippen molar-refractivity contribution in [3.63, 3.8) is 0 Å². The van der Waals surface area contributed by atoms with E-state index >= 15 is 0 Å². The second kappa shape index (κ2) is 5.14. The lowest BCUT2D eigenvalue weighted by Gasteiger charge is -2.31. The van der Waals surface area contributed by atoms with E-state index in [-0.39, 0.29) is 6.04 Å². The molecular formula is C14H15F3N4. The van der Waals surface area contributed by atoms with Crippen LogP contribution in [0.4, 0.5) is 19.0 Å². The van der Waals surface area contributed by atoms with Crippen LogP contribution in [-0.4, -0.2) is 29.1 Å². The first-order valence-electron chi connectivity index (χ1n) is 6.78. The number of alkyl halides is 3. The molecule has 1 aliphatic rings. The quantitative estimate of drug-likeness (QED) is 0.879. The van der Waals surface area contributed by atoms with E-state index in [4.69, 9.17) is 5.73 Å². The Morgan fingerprint density at radius 1 is 1.14 bits per heavy atom. The van der Waals surface area contributed by atoms with Crippen LogP contribution in [-0.2, 0) is 6.18 Å². The summed E-state index contributed by atoms with van der Waals surface area (Å²) in [6.07, 6.45) is -1.23. The van der Waals surface area contributed by atoms with Crippen molar-refractivity contribution in [1.82, 2.24) is 9.97 Å². The Balaban J connectivity index is 2.01. The van der Waals surface area contributed by atoms with Crippen LogP contribution in [0.3, 0.4) is 0 Å². The highest BCUT2D eigenvalue weighted by molar-refractivity contribution is 5.89. The number of fused-ring (bicyclic) bond motifs is 1. The number of rotatable bonds is 1. The number of pyridine rings is 2. The number of hydrogen-bond acceptors (Lipinski definition) is 4. The first kappa shape index (κ1) is 14.1. The van der Waals surface area contributed by atoms with Crippen molar-refractivity contribution in [3.8, 4) is 0 Å². The van der Waals surface area contributed by atoms with Gasteiger partial charge in [-0.1, -0.05) is 0 Å². The number of anilines is 1. The van der Waals surface area contributed by atoms with Crippen LogP contribution in [0.25, 0.3) is 10.9 Å². The molecule has 21 heavy (non-hydrogen) atoms. The molecule has 0 amide bonds. The molecule has 2 N–H and O–H groups in total. The van der Waals surface area contributed by atoms with E-state index in [1.165, 1.54) is 18.3 Å². The lowest BCUT2D eigenvalue weighted by molar-refractivity contribution is -0.140. The Bertz CT molecular complexity index is 648. The van der Waals surface area contributed by atoms with Crippen molar-refractivity contribution < 1.29 is 13.2 Å². The summed E-state index contributed by atoms with van der Waals surface area (Å²) < 4.78 is 38.1. The third kappa shape index (κ3) is 2.78. The van der Waals surface area contributed by atoms with Crippen LogP contribution in [0.15, 0.2) is 24.4 Å². The molecule has 4 nitrogen and oxygen atoms in total. The van der Waals surface area contributed by atoms with Gasteiger partial charge < -0.3 is 10.6 Å². The van der Waals surface area contributed by atoms with Crippen molar-refractivity contribution in [2.45, 2.75) is 25.1 Å². The third-order valence-corrected chi connectivity index (χ3v) is 3.72. The molecule has 1 fully saturated rings. The average molecular weight is 296 g/mol. The van der Waals surface area contributed by atoms with Crippen LogP contribution < -0.4 is 10.6 Å². The van der Waals surface area contributed by atoms with E-state index in [0.29, 0.717) is 16.7 Å². The van der Waals surface area contributed by atoms with Crippen LogP contribution >= 0.6 is 0 Å². The first-order valence-corrected chi connectivity index (χ1v) is 6.78. The molecule has 112 valence electrons. The van der Waals surface area contributed by atoms with Crippen LogP contribution in [0.2, 0.25) is 0 Å². The van der Waals surface area contributed by atoms with Gasteiger partial charge >= 0.3 is 6.18 Å². The molecule has 1 saturated heterocycles. The van der Waals surface area contributed by atoms with Gasteiger partial charge in [-0.3, -0.25) is 0 Å². The zero-order chi connectivity index (χ0) is 15.0. The molecule has 7 heteroatoms. The maximum Gasteiger partial charge on any atom is 0.433 e. The summed E-state index contributed by atoms with van der Waals surface area (Å²) in [6.45, 7) is 1.52. The number of aromatic nitrogens is 2. The minimum atomic E-state index is -4.44. The molecule has 0 bridgehead atoms. The zero-order valence-electron chi connectivity index (χ0n) is 11.3. The minimum Gasteiger partial charge on any atom is -0.356 e. The molecule has 1 aliphatic heterocycles. The van der Waals surface area contributed by atoms with Crippen molar-refractivity contribution in [1.29, 1.82) is 0 Å². The fourth-order valence-electron chi connectivity index (χ4n) is 2.56. The molecule has 2 aromatic rings. The number of halogens is 3. The summed E-state index contributed by atoms with van der Waals surface area (Å²) >= 11 is 0. The second-order valence-corrected chi connectivity index (χ2v) is 5.22. The fourth-order valence-corrected chi connectivity index (χ4v) is 2.56. The average Bonchev–Trinajstić information content (AvgIpc) is 2.46. The summed E-state index contributed by atoms with van der Waals surface area (Å²) in [5.74, 6) is 0.681. The zero-order valence-corrected chi connectivity index (χ0v) is 11.3. The highest BCUT2D eigenvalue weighted by Gasteiger charge is 2.32. The van der Waals surface area contributed by atoms with Gasteiger partial charge in [0.05, 0.1) is 5.52 Å². The Hall–Kier alpha value is -1.89. The number of hydrogen-bond donors (Lipinski definition) is 1. The number of nitrogens with two attached hydrogens (primary N) is 1. The van der Waals surface area contributed by atoms with Crippen LogP contribution in [0, 0.1) is 0 Å². The summed E-state index contributed by atoms with van der Waals surface area (Å²) in [5, 5.41) is 0.640. The summed E-state index contributed by atoms with van der Waals surface area (Å²) in [5.41, 5.74) is 5.30.